The Hall–Kier alpha value is -1.42. The van der Waals surface area contributed by atoms with Crippen LogP contribution >= 0.6 is 12.8 Å². The predicted octanol–water partition coefficient (Wildman–Crippen LogP) is 2.52. The maximum absolute atomic E-state index is 11.3. The van der Waals surface area contributed by atoms with Crippen LogP contribution in [-0.4, -0.2) is 16.9 Å². The molecule has 0 radical (unpaired) electrons. The van der Waals surface area contributed by atoms with Gasteiger partial charge in [-0.3, -0.25) is 4.31 Å². The third kappa shape index (κ3) is 3.14. The Kier molecular flexibility index (Phi) is 4.07. The van der Waals surface area contributed by atoms with Crippen LogP contribution in [0.15, 0.2) is 43.0 Å². The third-order valence-electron chi connectivity index (χ3n) is 1.46. The van der Waals surface area contributed by atoms with Crippen molar-refractivity contribution in [3.05, 3.63) is 43.0 Å². The monoisotopic (exact) mass is 209 g/mol. The van der Waals surface area contributed by atoms with Crippen LogP contribution in [0.25, 0.3) is 0 Å². The Morgan fingerprint density at radius 3 is 2.71 bits per heavy atom. The number of para-hydroxylation sites is 1. The minimum absolute atomic E-state index is 0.342. The van der Waals surface area contributed by atoms with Crippen LogP contribution in [0.1, 0.15) is 0 Å². The molecule has 0 heterocycles. The lowest BCUT2D eigenvalue weighted by Crippen LogP contribution is -2.25. The van der Waals surface area contributed by atoms with E-state index in [1.165, 1.54) is 0 Å². The normalized spacial score (nSPS) is 9.21. The van der Waals surface area contributed by atoms with Gasteiger partial charge >= 0.3 is 6.09 Å². The van der Waals surface area contributed by atoms with E-state index in [9.17, 15) is 4.79 Å². The molecule has 1 aromatic rings. The minimum Gasteiger partial charge on any atom is -0.410 e. The molecule has 14 heavy (non-hydrogen) atoms. The fourth-order valence-electron chi connectivity index (χ4n) is 0.839. The highest BCUT2D eigenvalue weighted by atomic mass is 32.1. The predicted molar refractivity (Wildman–Crippen MR) is 58.4 cm³/mol. The first-order chi connectivity index (χ1) is 6.74. The van der Waals surface area contributed by atoms with E-state index in [0.717, 1.165) is 4.31 Å². The van der Waals surface area contributed by atoms with Gasteiger partial charge in [-0.25, -0.2) is 4.79 Å². The van der Waals surface area contributed by atoms with Gasteiger partial charge in [-0.15, -0.1) is 6.58 Å². The van der Waals surface area contributed by atoms with Crippen molar-refractivity contribution in [2.24, 2.45) is 0 Å². The average Bonchev–Trinajstić information content (AvgIpc) is 2.19. The molecule has 0 aliphatic rings. The summed E-state index contributed by atoms with van der Waals surface area (Å²) in [6.07, 6.45) is 1.05. The number of ether oxygens (including phenoxy) is 1. The second kappa shape index (κ2) is 5.34. The van der Waals surface area contributed by atoms with Gasteiger partial charge in [0.05, 0.1) is 6.54 Å². The van der Waals surface area contributed by atoms with Crippen LogP contribution in [0.3, 0.4) is 0 Å². The maximum atomic E-state index is 11.3. The van der Waals surface area contributed by atoms with Crippen molar-refractivity contribution in [1.82, 2.24) is 4.31 Å². The molecule has 0 saturated carbocycles. The Morgan fingerprint density at radius 1 is 1.50 bits per heavy atom. The molecule has 74 valence electrons. The second-order valence-corrected chi connectivity index (χ2v) is 3.03. The number of nitrogens with zero attached hydrogens (tertiary/aromatic N) is 1. The van der Waals surface area contributed by atoms with Crippen molar-refractivity contribution in [3.63, 3.8) is 0 Å². The summed E-state index contributed by atoms with van der Waals surface area (Å²) in [5.41, 5.74) is 0. The first-order valence-corrected chi connectivity index (χ1v) is 4.48. The summed E-state index contributed by atoms with van der Waals surface area (Å²) < 4.78 is 6.13. The van der Waals surface area contributed by atoms with E-state index in [0.29, 0.717) is 12.3 Å². The molecule has 1 amide bonds. The van der Waals surface area contributed by atoms with E-state index in [1.807, 2.05) is 6.07 Å². The molecule has 0 unspecified atom stereocenters. The third-order valence-corrected chi connectivity index (χ3v) is 1.79. The van der Waals surface area contributed by atoms with Gasteiger partial charge in [-0.1, -0.05) is 37.1 Å². The lowest BCUT2D eigenvalue weighted by Gasteiger charge is -2.12. The molecule has 4 heteroatoms. The van der Waals surface area contributed by atoms with Crippen molar-refractivity contribution >= 4 is 18.9 Å². The number of benzene rings is 1. The lowest BCUT2D eigenvalue weighted by atomic mass is 10.3. The molecule has 3 nitrogen and oxygen atoms in total. The Labute approximate surface area is 88.5 Å². The Balaban J connectivity index is 2.53. The van der Waals surface area contributed by atoms with Crippen LogP contribution in [0.2, 0.25) is 0 Å². The zero-order chi connectivity index (χ0) is 10.4. The van der Waals surface area contributed by atoms with E-state index >= 15 is 0 Å². The van der Waals surface area contributed by atoms with Gasteiger partial charge in [-0.05, 0) is 12.1 Å². The SMILES string of the molecule is C=CCN(S)C(=O)Oc1ccccc1. The molecule has 0 N–H and O–H groups in total. The molecular formula is C10H11NO2S. The molecule has 1 aromatic carbocycles. The number of amides is 1. The van der Waals surface area contributed by atoms with Gasteiger partial charge in [-0.2, -0.15) is 0 Å². The summed E-state index contributed by atoms with van der Waals surface area (Å²) in [5.74, 6) is 0.501. The zero-order valence-corrected chi connectivity index (χ0v) is 8.48. The van der Waals surface area contributed by atoms with E-state index < -0.39 is 6.09 Å². The number of carbonyl (C=O) groups is 1. The minimum atomic E-state index is -0.514. The van der Waals surface area contributed by atoms with Crippen LogP contribution < -0.4 is 4.74 Å². The summed E-state index contributed by atoms with van der Waals surface area (Å²) in [7, 11) is 0. The highest BCUT2D eigenvalue weighted by Gasteiger charge is 2.09. The van der Waals surface area contributed by atoms with Gasteiger partial charge < -0.3 is 4.74 Å². The molecule has 0 aliphatic carbocycles. The largest absolute Gasteiger partial charge is 0.425 e. The number of carbonyl (C=O) groups excluding carboxylic acids is 1. The lowest BCUT2D eigenvalue weighted by molar-refractivity contribution is 0.185. The maximum Gasteiger partial charge on any atom is 0.425 e. The standard InChI is InChI=1S/C10H11NO2S/c1-2-8-11(14)10(12)13-9-6-4-3-5-7-9/h2-7,14H,1,8H2. The number of hydrogen-bond donors (Lipinski definition) is 1. The second-order valence-electron chi connectivity index (χ2n) is 2.55. The number of rotatable bonds is 3. The highest BCUT2D eigenvalue weighted by molar-refractivity contribution is 7.78. The summed E-state index contributed by atoms with van der Waals surface area (Å²) in [6, 6.07) is 8.83. The molecular weight excluding hydrogens is 198 g/mol. The first kappa shape index (κ1) is 10.7. The molecule has 1 rings (SSSR count). The zero-order valence-electron chi connectivity index (χ0n) is 7.59. The van der Waals surface area contributed by atoms with Crippen LogP contribution in [0.5, 0.6) is 5.75 Å². The van der Waals surface area contributed by atoms with E-state index in [2.05, 4.69) is 19.4 Å². The smallest absolute Gasteiger partial charge is 0.410 e. The summed E-state index contributed by atoms with van der Waals surface area (Å²) in [5, 5.41) is 0. The Morgan fingerprint density at radius 2 is 2.14 bits per heavy atom. The van der Waals surface area contributed by atoms with Gasteiger partial charge in [0, 0.05) is 0 Å². The quantitative estimate of drug-likeness (QED) is 0.612. The number of thiol groups is 1. The Bertz CT molecular complexity index is 313. The van der Waals surface area contributed by atoms with E-state index in [-0.39, 0.29) is 0 Å². The summed E-state index contributed by atoms with van der Waals surface area (Å²) in [4.78, 5) is 11.3. The fraction of sp³-hybridized carbons (Fsp3) is 0.100. The van der Waals surface area contributed by atoms with Crippen molar-refractivity contribution in [2.75, 3.05) is 6.54 Å². The van der Waals surface area contributed by atoms with Crippen molar-refractivity contribution < 1.29 is 9.53 Å². The fourth-order valence-corrected chi connectivity index (χ4v) is 0.995. The number of hydrogen-bond acceptors (Lipinski definition) is 3. The van der Waals surface area contributed by atoms with Crippen LogP contribution in [-0.2, 0) is 0 Å². The van der Waals surface area contributed by atoms with Gasteiger partial charge in [0.2, 0.25) is 0 Å². The molecule has 0 bridgehead atoms. The van der Waals surface area contributed by atoms with Crippen LogP contribution in [0.4, 0.5) is 4.79 Å². The summed E-state index contributed by atoms with van der Waals surface area (Å²) >= 11 is 3.92. The van der Waals surface area contributed by atoms with Gasteiger partial charge in [0.1, 0.15) is 5.75 Å². The van der Waals surface area contributed by atoms with Crippen molar-refractivity contribution in [3.8, 4) is 5.75 Å². The molecule has 0 aliphatic heterocycles. The first-order valence-electron chi connectivity index (χ1n) is 4.08. The topological polar surface area (TPSA) is 29.5 Å². The van der Waals surface area contributed by atoms with E-state index in [4.69, 9.17) is 4.74 Å². The van der Waals surface area contributed by atoms with Gasteiger partial charge in [0.15, 0.2) is 0 Å². The summed E-state index contributed by atoms with van der Waals surface area (Å²) in [6.45, 7) is 3.83. The van der Waals surface area contributed by atoms with Crippen LogP contribution in [0, 0.1) is 0 Å². The molecule has 0 aromatic heterocycles. The molecule has 0 saturated heterocycles. The van der Waals surface area contributed by atoms with Crippen molar-refractivity contribution in [1.29, 1.82) is 0 Å². The molecule has 0 fully saturated rings. The van der Waals surface area contributed by atoms with Crippen molar-refractivity contribution in [2.45, 2.75) is 0 Å². The van der Waals surface area contributed by atoms with Gasteiger partial charge in [0.25, 0.3) is 0 Å². The average molecular weight is 209 g/mol. The van der Waals surface area contributed by atoms with E-state index in [1.54, 1.807) is 30.3 Å². The molecule has 0 atom stereocenters. The highest BCUT2D eigenvalue weighted by Crippen LogP contribution is 2.10. The molecule has 0 spiro atoms.